The standard InChI is InChI=1S/C10H6ClN7/c11-9-15-8(7-4-12-6-13-5-7)16-10(17-9)18-3-1-2-14-18/h1-6H. The molecule has 88 valence electrons. The number of aromatic nitrogens is 7. The van der Waals surface area contributed by atoms with Gasteiger partial charge in [0.1, 0.15) is 6.33 Å². The highest BCUT2D eigenvalue weighted by Crippen LogP contribution is 2.15. The van der Waals surface area contributed by atoms with Gasteiger partial charge in [-0.25, -0.2) is 14.6 Å². The minimum absolute atomic E-state index is 0.0920. The second-order valence-corrected chi connectivity index (χ2v) is 3.64. The van der Waals surface area contributed by atoms with Gasteiger partial charge >= 0.3 is 0 Å². The average Bonchev–Trinajstić information content (AvgIpc) is 2.93. The second kappa shape index (κ2) is 4.46. The summed E-state index contributed by atoms with van der Waals surface area (Å²) in [7, 11) is 0. The van der Waals surface area contributed by atoms with Gasteiger partial charge < -0.3 is 0 Å². The smallest absolute Gasteiger partial charge is 0.244 e. The fourth-order valence-corrected chi connectivity index (χ4v) is 1.53. The van der Waals surface area contributed by atoms with Crippen molar-refractivity contribution < 1.29 is 0 Å². The summed E-state index contributed by atoms with van der Waals surface area (Å²) in [4.78, 5) is 20.1. The van der Waals surface area contributed by atoms with Crippen molar-refractivity contribution in [3.8, 4) is 17.3 Å². The zero-order valence-electron chi connectivity index (χ0n) is 8.97. The van der Waals surface area contributed by atoms with Gasteiger partial charge in [0.05, 0.1) is 5.56 Å². The highest BCUT2D eigenvalue weighted by atomic mass is 35.5. The number of hydrogen-bond donors (Lipinski definition) is 0. The van der Waals surface area contributed by atoms with Crippen LogP contribution < -0.4 is 0 Å². The minimum Gasteiger partial charge on any atom is -0.244 e. The summed E-state index contributed by atoms with van der Waals surface area (Å²) in [6.07, 6.45) is 7.98. The molecule has 0 spiro atoms. The van der Waals surface area contributed by atoms with Crippen LogP contribution in [0.25, 0.3) is 17.3 Å². The van der Waals surface area contributed by atoms with Crippen molar-refractivity contribution in [2.24, 2.45) is 0 Å². The lowest BCUT2D eigenvalue weighted by molar-refractivity contribution is 0.797. The largest absolute Gasteiger partial charge is 0.255 e. The zero-order chi connectivity index (χ0) is 12.4. The molecule has 0 aliphatic carbocycles. The van der Waals surface area contributed by atoms with Crippen LogP contribution >= 0.6 is 11.6 Å². The Balaban J connectivity index is 2.12. The fraction of sp³-hybridized carbons (Fsp3) is 0. The molecule has 3 heterocycles. The Bertz CT molecular complexity index is 653. The van der Waals surface area contributed by atoms with Gasteiger partial charge in [0.15, 0.2) is 5.82 Å². The molecular weight excluding hydrogens is 254 g/mol. The lowest BCUT2D eigenvalue weighted by Gasteiger charge is -2.03. The first-order valence-corrected chi connectivity index (χ1v) is 5.38. The summed E-state index contributed by atoms with van der Waals surface area (Å²) < 4.78 is 1.50. The molecule has 3 rings (SSSR count). The average molecular weight is 260 g/mol. The molecule has 0 saturated carbocycles. The summed E-state index contributed by atoms with van der Waals surface area (Å²) in [6, 6.07) is 1.77. The predicted molar refractivity (Wildman–Crippen MR) is 63.0 cm³/mol. The summed E-state index contributed by atoms with van der Waals surface area (Å²) >= 11 is 5.87. The third-order valence-corrected chi connectivity index (χ3v) is 2.29. The number of halogens is 1. The highest BCUT2D eigenvalue weighted by Gasteiger charge is 2.09. The Labute approximate surface area is 107 Å². The van der Waals surface area contributed by atoms with E-state index >= 15 is 0 Å². The molecule has 0 aromatic carbocycles. The summed E-state index contributed by atoms with van der Waals surface area (Å²) in [5.41, 5.74) is 0.662. The molecule has 7 nitrogen and oxygen atoms in total. The molecule has 0 fully saturated rings. The van der Waals surface area contributed by atoms with Gasteiger partial charge in [0, 0.05) is 24.8 Å². The second-order valence-electron chi connectivity index (χ2n) is 3.31. The molecule has 0 radical (unpaired) electrons. The Hall–Kier alpha value is -2.41. The van der Waals surface area contributed by atoms with E-state index in [4.69, 9.17) is 11.6 Å². The van der Waals surface area contributed by atoms with Crippen LogP contribution in [0, 0.1) is 0 Å². The Morgan fingerprint density at radius 3 is 2.61 bits per heavy atom. The SMILES string of the molecule is Clc1nc(-c2cncnc2)nc(-n2cccn2)n1. The van der Waals surface area contributed by atoms with E-state index in [0.717, 1.165) is 0 Å². The molecule has 3 aromatic heterocycles. The molecule has 8 heteroatoms. The van der Waals surface area contributed by atoms with Crippen LogP contribution in [0.15, 0.2) is 37.2 Å². The maximum atomic E-state index is 5.87. The van der Waals surface area contributed by atoms with E-state index in [-0.39, 0.29) is 5.28 Å². The van der Waals surface area contributed by atoms with Gasteiger partial charge in [0.25, 0.3) is 5.95 Å². The maximum Gasteiger partial charge on any atom is 0.255 e. The van der Waals surface area contributed by atoms with Crippen LogP contribution in [0.4, 0.5) is 0 Å². The molecule has 0 aliphatic heterocycles. The molecule has 0 N–H and O–H groups in total. The van der Waals surface area contributed by atoms with Crippen molar-refractivity contribution in [2.75, 3.05) is 0 Å². The Morgan fingerprint density at radius 2 is 1.89 bits per heavy atom. The van der Waals surface area contributed by atoms with Gasteiger partial charge in [-0.05, 0) is 17.7 Å². The van der Waals surface area contributed by atoms with E-state index in [2.05, 4.69) is 30.0 Å². The fourth-order valence-electron chi connectivity index (χ4n) is 1.37. The van der Waals surface area contributed by atoms with Crippen molar-refractivity contribution in [3.05, 3.63) is 42.5 Å². The maximum absolute atomic E-state index is 5.87. The molecule has 0 aliphatic rings. The molecule has 0 bridgehead atoms. The molecular formula is C10H6ClN7. The van der Waals surface area contributed by atoms with Crippen molar-refractivity contribution in [2.45, 2.75) is 0 Å². The molecule has 0 saturated heterocycles. The summed E-state index contributed by atoms with van der Waals surface area (Å²) in [5.74, 6) is 0.750. The van der Waals surface area contributed by atoms with Crippen molar-refractivity contribution in [3.63, 3.8) is 0 Å². The van der Waals surface area contributed by atoms with Crippen molar-refractivity contribution >= 4 is 11.6 Å². The number of rotatable bonds is 2. The van der Waals surface area contributed by atoms with Gasteiger partial charge in [0.2, 0.25) is 5.28 Å². The van der Waals surface area contributed by atoms with Crippen LogP contribution in [0.1, 0.15) is 0 Å². The predicted octanol–water partition coefficient (Wildman–Crippen LogP) is 1.17. The summed E-state index contributed by atoms with van der Waals surface area (Å²) in [6.45, 7) is 0. The first-order chi connectivity index (χ1) is 8.83. The van der Waals surface area contributed by atoms with Gasteiger partial charge in [-0.2, -0.15) is 20.1 Å². The molecule has 3 aromatic rings. The van der Waals surface area contributed by atoms with Crippen LogP contribution in [0.3, 0.4) is 0 Å². The van der Waals surface area contributed by atoms with Crippen molar-refractivity contribution in [1.29, 1.82) is 0 Å². The lowest BCUT2D eigenvalue weighted by Crippen LogP contribution is -2.05. The van der Waals surface area contributed by atoms with Crippen LogP contribution in [-0.2, 0) is 0 Å². The highest BCUT2D eigenvalue weighted by molar-refractivity contribution is 6.28. The van der Waals surface area contributed by atoms with Gasteiger partial charge in [-0.3, -0.25) is 0 Å². The monoisotopic (exact) mass is 259 g/mol. The Morgan fingerprint density at radius 1 is 1.06 bits per heavy atom. The van der Waals surface area contributed by atoms with Crippen molar-refractivity contribution in [1.82, 2.24) is 34.7 Å². The lowest BCUT2D eigenvalue weighted by atomic mass is 10.3. The van der Waals surface area contributed by atoms with Crippen LogP contribution in [0.2, 0.25) is 5.28 Å². The number of hydrogen-bond acceptors (Lipinski definition) is 6. The summed E-state index contributed by atoms with van der Waals surface area (Å²) in [5, 5.41) is 4.13. The molecule has 18 heavy (non-hydrogen) atoms. The van der Waals surface area contributed by atoms with E-state index in [1.54, 1.807) is 30.9 Å². The van der Waals surface area contributed by atoms with Gasteiger partial charge in [-0.1, -0.05) is 0 Å². The van der Waals surface area contributed by atoms with E-state index in [1.807, 2.05) is 0 Å². The molecule has 0 atom stereocenters. The van der Waals surface area contributed by atoms with Gasteiger partial charge in [-0.15, -0.1) is 0 Å². The Kier molecular flexibility index (Phi) is 2.66. The van der Waals surface area contributed by atoms with E-state index in [9.17, 15) is 0 Å². The topological polar surface area (TPSA) is 82.3 Å². The van der Waals surface area contributed by atoms with E-state index < -0.39 is 0 Å². The quantitative estimate of drug-likeness (QED) is 0.687. The third kappa shape index (κ3) is 2.03. The first kappa shape index (κ1) is 10.7. The first-order valence-electron chi connectivity index (χ1n) is 5.00. The third-order valence-electron chi connectivity index (χ3n) is 2.12. The molecule has 0 amide bonds. The number of nitrogens with zero attached hydrogens (tertiary/aromatic N) is 7. The van der Waals surface area contributed by atoms with E-state index in [0.29, 0.717) is 17.3 Å². The zero-order valence-corrected chi connectivity index (χ0v) is 9.73. The minimum atomic E-state index is 0.0920. The van der Waals surface area contributed by atoms with Crippen LogP contribution in [-0.4, -0.2) is 34.7 Å². The van der Waals surface area contributed by atoms with E-state index in [1.165, 1.54) is 11.0 Å². The molecule has 0 unspecified atom stereocenters. The normalized spacial score (nSPS) is 10.5. The van der Waals surface area contributed by atoms with Crippen LogP contribution in [0.5, 0.6) is 0 Å².